The first kappa shape index (κ1) is 16.9. The number of carbonyl (C=O) groups is 2. The van der Waals surface area contributed by atoms with Crippen LogP contribution >= 0.6 is 11.6 Å². The van der Waals surface area contributed by atoms with E-state index in [2.05, 4.69) is 10.6 Å². The lowest BCUT2D eigenvalue weighted by Crippen LogP contribution is -2.22. The summed E-state index contributed by atoms with van der Waals surface area (Å²) in [4.78, 5) is 23.9. The fourth-order valence-electron chi connectivity index (χ4n) is 1.90. The molecule has 2 rings (SSSR count). The van der Waals surface area contributed by atoms with Crippen molar-refractivity contribution in [1.29, 1.82) is 0 Å². The van der Waals surface area contributed by atoms with Crippen LogP contribution in [0.5, 0.6) is 0 Å². The average Bonchev–Trinajstić information content (AvgIpc) is 2.51. The molecule has 2 N–H and O–H groups in total. The van der Waals surface area contributed by atoms with Crippen LogP contribution in [0.3, 0.4) is 0 Å². The van der Waals surface area contributed by atoms with Crippen LogP contribution < -0.4 is 10.6 Å². The third-order valence-corrected chi connectivity index (χ3v) is 3.29. The van der Waals surface area contributed by atoms with Gasteiger partial charge in [-0.2, -0.15) is 0 Å². The Balaban J connectivity index is 2.22. The Kier molecular flexibility index (Phi) is 5.28. The molecule has 0 atom stereocenters. The van der Waals surface area contributed by atoms with E-state index in [9.17, 15) is 18.4 Å². The smallest absolute Gasteiger partial charge is 0.257 e. The minimum Gasteiger partial charge on any atom is -0.352 e. The molecule has 0 fully saturated rings. The Bertz CT molecular complexity index is 766. The van der Waals surface area contributed by atoms with Crippen molar-refractivity contribution in [2.24, 2.45) is 0 Å². The van der Waals surface area contributed by atoms with E-state index in [1.54, 1.807) is 25.1 Å². The molecule has 0 heterocycles. The van der Waals surface area contributed by atoms with Gasteiger partial charge in [-0.25, -0.2) is 8.78 Å². The maximum Gasteiger partial charge on any atom is 0.257 e. The zero-order valence-electron chi connectivity index (χ0n) is 12.1. The van der Waals surface area contributed by atoms with E-state index in [1.807, 2.05) is 0 Å². The first-order chi connectivity index (χ1) is 10.9. The Morgan fingerprint density at radius 1 is 1.09 bits per heavy atom. The van der Waals surface area contributed by atoms with Gasteiger partial charge in [0.2, 0.25) is 0 Å². The van der Waals surface area contributed by atoms with Gasteiger partial charge in [0.25, 0.3) is 11.8 Å². The topological polar surface area (TPSA) is 58.2 Å². The highest BCUT2D eigenvalue weighted by molar-refractivity contribution is 6.34. The van der Waals surface area contributed by atoms with Crippen molar-refractivity contribution >= 4 is 29.1 Å². The summed E-state index contributed by atoms with van der Waals surface area (Å²) < 4.78 is 26.3. The third-order valence-electron chi connectivity index (χ3n) is 2.97. The van der Waals surface area contributed by atoms with Crippen molar-refractivity contribution in [3.05, 3.63) is 64.2 Å². The Labute approximate surface area is 136 Å². The number of carbonyl (C=O) groups excluding carboxylic acids is 2. The largest absolute Gasteiger partial charge is 0.352 e. The molecule has 0 aliphatic rings. The Morgan fingerprint density at radius 3 is 2.48 bits per heavy atom. The van der Waals surface area contributed by atoms with Crippen molar-refractivity contribution < 1.29 is 18.4 Å². The van der Waals surface area contributed by atoms with Gasteiger partial charge in [0.05, 0.1) is 10.6 Å². The lowest BCUT2D eigenvalue weighted by Gasteiger charge is -2.09. The Hall–Kier alpha value is -2.47. The summed E-state index contributed by atoms with van der Waals surface area (Å²) in [7, 11) is 0. The molecule has 0 saturated carbocycles. The highest BCUT2D eigenvalue weighted by Gasteiger charge is 2.15. The van der Waals surface area contributed by atoms with E-state index < -0.39 is 17.5 Å². The van der Waals surface area contributed by atoms with Gasteiger partial charge in [0.15, 0.2) is 11.6 Å². The predicted molar refractivity (Wildman–Crippen MR) is 83.8 cm³/mol. The standard InChI is InChI=1S/C16H13ClF2N2O2/c1-2-20-15(22)9-4-3-5-10(6-9)21-16(23)11-7-13(18)14(19)8-12(11)17/h3-8H,2H2,1H3,(H,20,22)(H,21,23). The summed E-state index contributed by atoms with van der Waals surface area (Å²) in [6.07, 6.45) is 0. The van der Waals surface area contributed by atoms with Gasteiger partial charge in [-0.3, -0.25) is 9.59 Å². The van der Waals surface area contributed by atoms with E-state index in [0.29, 0.717) is 17.8 Å². The van der Waals surface area contributed by atoms with Gasteiger partial charge < -0.3 is 10.6 Å². The predicted octanol–water partition coefficient (Wildman–Crippen LogP) is 3.62. The highest BCUT2D eigenvalue weighted by Crippen LogP contribution is 2.21. The van der Waals surface area contributed by atoms with Gasteiger partial charge in [0, 0.05) is 17.8 Å². The molecule has 2 amide bonds. The number of hydrogen-bond acceptors (Lipinski definition) is 2. The maximum atomic E-state index is 13.2. The third kappa shape index (κ3) is 4.04. The first-order valence-electron chi connectivity index (χ1n) is 6.76. The minimum atomic E-state index is -1.17. The molecule has 0 saturated heterocycles. The normalized spacial score (nSPS) is 10.3. The zero-order valence-corrected chi connectivity index (χ0v) is 12.9. The molecule has 4 nitrogen and oxygen atoms in total. The molecule has 0 aliphatic heterocycles. The van der Waals surface area contributed by atoms with E-state index in [-0.39, 0.29) is 16.5 Å². The summed E-state index contributed by atoms with van der Waals surface area (Å²) in [5.74, 6) is -3.29. The van der Waals surface area contributed by atoms with Crippen LogP contribution in [0.1, 0.15) is 27.6 Å². The summed E-state index contributed by atoms with van der Waals surface area (Å²) >= 11 is 5.75. The van der Waals surface area contributed by atoms with Gasteiger partial charge in [-0.05, 0) is 37.3 Å². The van der Waals surface area contributed by atoms with E-state index in [1.165, 1.54) is 6.07 Å². The average molecular weight is 339 g/mol. The summed E-state index contributed by atoms with van der Waals surface area (Å²) in [6, 6.07) is 7.67. The number of halogens is 3. The van der Waals surface area contributed by atoms with Crippen molar-refractivity contribution in [1.82, 2.24) is 5.32 Å². The first-order valence-corrected chi connectivity index (χ1v) is 7.14. The van der Waals surface area contributed by atoms with Crippen LogP contribution in [0.4, 0.5) is 14.5 Å². The fraction of sp³-hybridized carbons (Fsp3) is 0.125. The molecule has 0 radical (unpaired) electrons. The molecule has 23 heavy (non-hydrogen) atoms. The van der Waals surface area contributed by atoms with Gasteiger partial charge in [0.1, 0.15) is 0 Å². The molecule has 2 aromatic rings. The molecule has 0 spiro atoms. The fourth-order valence-corrected chi connectivity index (χ4v) is 2.13. The number of hydrogen-bond donors (Lipinski definition) is 2. The zero-order chi connectivity index (χ0) is 17.0. The van der Waals surface area contributed by atoms with E-state index >= 15 is 0 Å². The molecule has 120 valence electrons. The van der Waals surface area contributed by atoms with Gasteiger partial charge in [-0.1, -0.05) is 17.7 Å². The molecular formula is C16H13ClF2N2O2. The second-order valence-corrected chi connectivity index (χ2v) is 5.05. The van der Waals surface area contributed by atoms with Crippen molar-refractivity contribution in [2.75, 3.05) is 11.9 Å². The van der Waals surface area contributed by atoms with Crippen LogP contribution in [0.25, 0.3) is 0 Å². The van der Waals surface area contributed by atoms with Crippen molar-refractivity contribution in [3.8, 4) is 0 Å². The molecule has 0 aromatic heterocycles. The lowest BCUT2D eigenvalue weighted by atomic mass is 10.1. The Morgan fingerprint density at radius 2 is 1.78 bits per heavy atom. The minimum absolute atomic E-state index is 0.200. The molecule has 7 heteroatoms. The van der Waals surface area contributed by atoms with Gasteiger partial charge >= 0.3 is 0 Å². The summed E-state index contributed by atoms with van der Waals surface area (Å²) in [5.41, 5.74) is 0.495. The van der Waals surface area contributed by atoms with Crippen molar-refractivity contribution in [3.63, 3.8) is 0 Å². The molecule has 0 aliphatic carbocycles. The van der Waals surface area contributed by atoms with E-state index in [4.69, 9.17) is 11.6 Å². The van der Waals surface area contributed by atoms with Crippen LogP contribution in [-0.2, 0) is 0 Å². The van der Waals surface area contributed by atoms with Crippen molar-refractivity contribution in [2.45, 2.75) is 6.92 Å². The van der Waals surface area contributed by atoms with E-state index in [0.717, 1.165) is 12.1 Å². The number of benzene rings is 2. The lowest BCUT2D eigenvalue weighted by molar-refractivity contribution is 0.0954. The quantitative estimate of drug-likeness (QED) is 0.836. The second kappa shape index (κ2) is 7.19. The van der Waals surface area contributed by atoms with Crippen LogP contribution in [0.2, 0.25) is 5.02 Å². The second-order valence-electron chi connectivity index (χ2n) is 4.64. The molecule has 0 unspecified atom stereocenters. The van der Waals surface area contributed by atoms with Crippen LogP contribution in [-0.4, -0.2) is 18.4 Å². The SMILES string of the molecule is CCNC(=O)c1cccc(NC(=O)c2cc(F)c(F)cc2Cl)c1. The van der Waals surface area contributed by atoms with Crippen LogP contribution in [0.15, 0.2) is 36.4 Å². The number of anilines is 1. The molecular weight excluding hydrogens is 326 g/mol. The highest BCUT2D eigenvalue weighted by atomic mass is 35.5. The number of amides is 2. The monoisotopic (exact) mass is 338 g/mol. The maximum absolute atomic E-state index is 13.2. The summed E-state index contributed by atoms with van der Waals surface area (Å²) in [5, 5.41) is 4.92. The van der Waals surface area contributed by atoms with Crippen LogP contribution in [0, 0.1) is 11.6 Å². The molecule has 2 aromatic carbocycles. The number of nitrogens with one attached hydrogen (secondary N) is 2. The summed E-state index contributed by atoms with van der Waals surface area (Å²) in [6.45, 7) is 2.26. The number of rotatable bonds is 4. The molecule has 0 bridgehead atoms. The van der Waals surface area contributed by atoms with Gasteiger partial charge in [-0.15, -0.1) is 0 Å².